The predicted molar refractivity (Wildman–Crippen MR) is 60.5 cm³/mol. The largest absolute Gasteiger partial charge is 0.479 e. The molecule has 17 heavy (non-hydrogen) atoms. The highest BCUT2D eigenvalue weighted by Gasteiger charge is 2.54. The van der Waals surface area contributed by atoms with E-state index in [1.807, 2.05) is 0 Å². The molecule has 1 saturated carbocycles. The van der Waals surface area contributed by atoms with Gasteiger partial charge in [-0.15, -0.1) is 0 Å². The second-order valence-electron chi connectivity index (χ2n) is 5.11. The lowest BCUT2D eigenvalue weighted by molar-refractivity contribution is -0.142. The summed E-state index contributed by atoms with van der Waals surface area (Å²) in [5, 5.41) is 12.0. The fourth-order valence-corrected chi connectivity index (χ4v) is 2.66. The van der Waals surface area contributed by atoms with Crippen LogP contribution in [-0.4, -0.2) is 29.7 Å². The van der Waals surface area contributed by atoms with Crippen molar-refractivity contribution in [3.63, 3.8) is 0 Å². The van der Waals surface area contributed by atoms with E-state index in [1.54, 1.807) is 6.08 Å². The average Bonchev–Trinajstić information content (AvgIpc) is 2.22. The van der Waals surface area contributed by atoms with E-state index in [4.69, 9.17) is 5.11 Å². The van der Waals surface area contributed by atoms with E-state index < -0.39 is 12.6 Å². The average molecular weight is 237 g/mol. The van der Waals surface area contributed by atoms with Gasteiger partial charge in [0.05, 0.1) is 6.21 Å². The molecular formula is C12H15NO4. The Kier molecular flexibility index (Phi) is 2.77. The van der Waals surface area contributed by atoms with Gasteiger partial charge in [-0.3, -0.25) is 4.79 Å². The SMILES string of the molecule is CC1(C)[C@@H]2C[C@@H]1C(/C=N\OCC(=O)O)=CC2=O. The molecule has 0 heterocycles. The standard InChI is InChI=1S/C12H15NO4/c1-12(2)8-4-9(12)10(14)3-7(8)5-13-17-6-11(15)16/h3,5,8-9H,4,6H2,1-2H3,(H,15,16)/b13-5-/t8-,9-/m1/s1. The number of hydrogen-bond donors (Lipinski definition) is 1. The van der Waals surface area contributed by atoms with Crippen LogP contribution in [-0.2, 0) is 14.4 Å². The summed E-state index contributed by atoms with van der Waals surface area (Å²) in [7, 11) is 0. The number of nitrogens with zero attached hydrogens (tertiary/aromatic N) is 1. The zero-order valence-electron chi connectivity index (χ0n) is 9.84. The minimum atomic E-state index is -1.07. The number of fused-ring (bicyclic) bond motifs is 1. The zero-order valence-corrected chi connectivity index (χ0v) is 9.84. The summed E-state index contributed by atoms with van der Waals surface area (Å²) in [5.41, 5.74) is 0.827. The normalized spacial score (nSPS) is 29.8. The summed E-state index contributed by atoms with van der Waals surface area (Å²) in [6.07, 6.45) is 3.92. The highest BCUT2D eigenvalue weighted by atomic mass is 16.6. The molecule has 2 atom stereocenters. The van der Waals surface area contributed by atoms with Crippen molar-refractivity contribution in [3.8, 4) is 0 Å². The first-order chi connectivity index (χ1) is 7.93. The number of ketones is 1. The molecule has 0 aliphatic heterocycles. The minimum absolute atomic E-state index is 0.0139. The number of aliphatic carboxylic acids is 1. The topological polar surface area (TPSA) is 76.0 Å². The molecule has 3 rings (SSSR count). The van der Waals surface area contributed by atoms with Crippen LogP contribution in [0.5, 0.6) is 0 Å². The van der Waals surface area contributed by atoms with Gasteiger partial charge in [-0.1, -0.05) is 19.0 Å². The Hall–Kier alpha value is -1.65. The Bertz CT molecular complexity index is 422. The molecule has 1 fully saturated rings. The molecule has 0 amide bonds. The third kappa shape index (κ3) is 1.97. The fraction of sp³-hybridized carbons (Fsp3) is 0.583. The van der Waals surface area contributed by atoms with Gasteiger partial charge >= 0.3 is 5.97 Å². The maximum Gasteiger partial charge on any atom is 0.344 e. The van der Waals surface area contributed by atoms with E-state index in [0.29, 0.717) is 5.92 Å². The molecule has 0 aromatic carbocycles. The van der Waals surface area contributed by atoms with E-state index in [1.165, 1.54) is 6.21 Å². The number of rotatable bonds is 4. The number of hydrogen-bond acceptors (Lipinski definition) is 4. The van der Waals surface area contributed by atoms with Crippen molar-refractivity contribution < 1.29 is 19.5 Å². The molecule has 2 bridgehead atoms. The van der Waals surface area contributed by atoms with Gasteiger partial charge in [-0.05, 0) is 29.4 Å². The summed E-state index contributed by atoms with van der Waals surface area (Å²) in [6, 6.07) is 0. The van der Waals surface area contributed by atoms with Crippen molar-refractivity contribution >= 4 is 18.0 Å². The number of carboxylic acids is 1. The van der Waals surface area contributed by atoms with Crippen molar-refractivity contribution in [1.29, 1.82) is 0 Å². The summed E-state index contributed by atoms with van der Waals surface area (Å²) in [6.45, 7) is 3.68. The summed E-state index contributed by atoms with van der Waals surface area (Å²) < 4.78 is 0. The van der Waals surface area contributed by atoms with E-state index >= 15 is 0 Å². The number of oxime groups is 1. The number of carboxylic acid groups (broad SMARTS) is 1. The first-order valence-corrected chi connectivity index (χ1v) is 5.55. The quantitative estimate of drug-likeness (QED) is 0.589. The number of carbonyl (C=O) groups excluding carboxylic acids is 1. The molecule has 3 aliphatic carbocycles. The smallest absolute Gasteiger partial charge is 0.344 e. The van der Waals surface area contributed by atoms with E-state index in [9.17, 15) is 9.59 Å². The van der Waals surface area contributed by atoms with Crippen molar-refractivity contribution in [2.75, 3.05) is 6.61 Å². The second kappa shape index (κ2) is 3.98. The van der Waals surface area contributed by atoms with Gasteiger partial charge in [0.15, 0.2) is 5.78 Å². The van der Waals surface area contributed by atoms with Crippen LogP contribution in [0, 0.1) is 17.3 Å². The molecule has 92 valence electrons. The van der Waals surface area contributed by atoms with Crippen molar-refractivity contribution in [2.45, 2.75) is 20.3 Å². The molecule has 0 radical (unpaired) electrons. The third-order valence-electron chi connectivity index (χ3n) is 3.79. The molecular weight excluding hydrogens is 222 g/mol. The molecule has 5 nitrogen and oxygen atoms in total. The lowest BCUT2D eigenvalue weighted by Gasteiger charge is -2.54. The van der Waals surface area contributed by atoms with Gasteiger partial charge < -0.3 is 9.94 Å². The van der Waals surface area contributed by atoms with Crippen LogP contribution in [0.15, 0.2) is 16.8 Å². The van der Waals surface area contributed by atoms with Crippen LogP contribution in [0.3, 0.4) is 0 Å². The highest BCUT2D eigenvalue weighted by molar-refractivity contribution is 6.01. The van der Waals surface area contributed by atoms with Gasteiger partial charge in [0.1, 0.15) is 0 Å². The van der Waals surface area contributed by atoms with Crippen LogP contribution in [0.4, 0.5) is 0 Å². The summed E-state index contributed by atoms with van der Waals surface area (Å²) >= 11 is 0. The van der Waals surface area contributed by atoms with Crippen LogP contribution < -0.4 is 0 Å². The summed E-state index contributed by atoms with van der Waals surface area (Å²) in [5.74, 6) is -0.482. The highest BCUT2D eigenvalue weighted by Crippen LogP contribution is 2.57. The Morgan fingerprint density at radius 2 is 2.35 bits per heavy atom. The van der Waals surface area contributed by atoms with E-state index in [2.05, 4.69) is 23.8 Å². The Morgan fingerprint density at radius 1 is 1.65 bits per heavy atom. The van der Waals surface area contributed by atoms with Gasteiger partial charge in [-0.2, -0.15) is 0 Å². The Labute approximate surface area is 99.1 Å². The molecule has 0 spiro atoms. The zero-order chi connectivity index (χ0) is 12.6. The number of carbonyl (C=O) groups is 2. The fourth-order valence-electron chi connectivity index (χ4n) is 2.66. The Balaban J connectivity index is 2.02. The molecule has 0 aromatic rings. The Morgan fingerprint density at radius 3 is 2.88 bits per heavy atom. The maximum absolute atomic E-state index is 11.7. The van der Waals surface area contributed by atoms with Crippen LogP contribution >= 0.6 is 0 Å². The van der Waals surface area contributed by atoms with Gasteiger partial charge in [0.2, 0.25) is 6.61 Å². The molecule has 5 heteroatoms. The number of allylic oxidation sites excluding steroid dienone is 2. The summed E-state index contributed by atoms with van der Waals surface area (Å²) in [4.78, 5) is 26.5. The molecule has 0 saturated heterocycles. The van der Waals surface area contributed by atoms with Gasteiger partial charge in [-0.25, -0.2) is 4.79 Å². The van der Waals surface area contributed by atoms with Crippen molar-refractivity contribution in [1.82, 2.24) is 0 Å². The van der Waals surface area contributed by atoms with E-state index in [0.717, 1.165) is 12.0 Å². The van der Waals surface area contributed by atoms with Gasteiger partial charge in [0, 0.05) is 5.92 Å². The third-order valence-corrected chi connectivity index (χ3v) is 3.79. The second-order valence-corrected chi connectivity index (χ2v) is 5.11. The minimum Gasteiger partial charge on any atom is -0.479 e. The first-order valence-electron chi connectivity index (χ1n) is 5.55. The van der Waals surface area contributed by atoms with Crippen LogP contribution in [0.25, 0.3) is 0 Å². The first kappa shape index (κ1) is 11.8. The molecule has 3 aliphatic rings. The van der Waals surface area contributed by atoms with E-state index in [-0.39, 0.29) is 17.1 Å². The van der Waals surface area contributed by atoms with Crippen molar-refractivity contribution in [2.24, 2.45) is 22.4 Å². The van der Waals surface area contributed by atoms with Crippen molar-refractivity contribution in [3.05, 3.63) is 11.6 Å². The maximum atomic E-state index is 11.7. The van der Waals surface area contributed by atoms with Crippen LogP contribution in [0.1, 0.15) is 20.3 Å². The lowest BCUT2D eigenvalue weighted by Crippen LogP contribution is -2.52. The lowest BCUT2D eigenvalue weighted by atomic mass is 9.48. The van der Waals surface area contributed by atoms with Crippen LogP contribution in [0.2, 0.25) is 0 Å². The molecule has 0 aromatic heterocycles. The van der Waals surface area contributed by atoms with Gasteiger partial charge in [0.25, 0.3) is 0 Å². The molecule has 1 N–H and O–H groups in total. The monoisotopic (exact) mass is 237 g/mol. The predicted octanol–water partition coefficient (Wildman–Crippen LogP) is 1.24. The molecule has 0 unspecified atom stereocenters.